The molecule has 1 aromatic carbocycles. The van der Waals surface area contributed by atoms with Crippen LogP contribution in [0.1, 0.15) is 35.4 Å². The van der Waals surface area contributed by atoms with Crippen LogP contribution < -0.4 is 5.73 Å². The van der Waals surface area contributed by atoms with E-state index in [1.807, 2.05) is 6.33 Å². The predicted octanol–water partition coefficient (Wildman–Crippen LogP) is 2.23. The lowest BCUT2D eigenvalue weighted by Gasteiger charge is -2.15. The van der Waals surface area contributed by atoms with Gasteiger partial charge in [-0.15, -0.1) is 0 Å². The van der Waals surface area contributed by atoms with Gasteiger partial charge in [-0.05, 0) is 43.4 Å². The molecule has 1 aromatic heterocycles. The number of benzene rings is 1. The Morgan fingerprint density at radius 2 is 2.15 bits per heavy atom. The maximum absolute atomic E-state index is 13.3. The third kappa shape index (κ3) is 2.31. The van der Waals surface area contributed by atoms with Crippen LogP contribution in [0.2, 0.25) is 0 Å². The number of nitrogens with two attached hydrogens (primary N) is 1. The van der Waals surface area contributed by atoms with Crippen molar-refractivity contribution in [3.63, 3.8) is 0 Å². The maximum Gasteiger partial charge on any atom is 0.123 e. The summed E-state index contributed by atoms with van der Waals surface area (Å²) in [7, 11) is 0. The van der Waals surface area contributed by atoms with E-state index in [-0.39, 0.29) is 11.7 Å². The van der Waals surface area contributed by atoms with Crippen LogP contribution >= 0.6 is 0 Å². The molecule has 0 aliphatic heterocycles. The first-order chi connectivity index (χ1) is 9.65. The number of nitrogens with zero attached hydrogens (tertiary/aromatic N) is 2. The highest BCUT2D eigenvalue weighted by Crippen LogP contribution is 2.21. The van der Waals surface area contributed by atoms with Crippen LogP contribution in [0.25, 0.3) is 0 Å². The number of fused-ring (bicyclic) bond motifs is 1. The first kappa shape index (κ1) is 12.8. The van der Waals surface area contributed by atoms with Crippen LogP contribution in [0.3, 0.4) is 0 Å². The minimum absolute atomic E-state index is 0.103. The molecule has 0 saturated heterocycles. The zero-order chi connectivity index (χ0) is 14.1. The Bertz CT molecular complexity index is 660. The zero-order valence-electron chi connectivity index (χ0n) is 11.2. The Morgan fingerprint density at radius 1 is 1.35 bits per heavy atom. The number of aromatic nitrogens is 2. The molecule has 0 bridgehead atoms. The minimum atomic E-state index is -0.369. The molecule has 1 aliphatic carbocycles. The van der Waals surface area contributed by atoms with E-state index >= 15 is 0 Å². The quantitative estimate of drug-likeness (QED) is 0.664. The monoisotopic (exact) mass is 272 g/mol. The SMILES string of the molecule is N=C(N)c1cc(F)ccc1Cn1cnc2c1CCCC2. The molecule has 0 fully saturated rings. The van der Waals surface area contributed by atoms with E-state index in [0.717, 1.165) is 18.4 Å². The molecule has 3 rings (SSSR count). The summed E-state index contributed by atoms with van der Waals surface area (Å²) in [5.41, 5.74) is 9.28. The highest BCUT2D eigenvalue weighted by Gasteiger charge is 2.16. The van der Waals surface area contributed by atoms with Gasteiger partial charge >= 0.3 is 0 Å². The number of hydrogen-bond acceptors (Lipinski definition) is 2. The van der Waals surface area contributed by atoms with Crippen molar-refractivity contribution >= 4 is 5.84 Å². The highest BCUT2D eigenvalue weighted by atomic mass is 19.1. The summed E-state index contributed by atoms with van der Waals surface area (Å²) < 4.78 is 15.4. The van der Waals surface area contributed by atoms with Gasteiger partial charge in [0.15, 0.2) is 0 Å². The summed E-state index contributed by atoms with van der Waals surface area (Å²) in [6.07, 6.45) is 6.28. The summed E-state index contributed by atoms with van der Waals surface area (Å²) >= 11 is 0. The number of nitrogens with one attached hydrogen (secondary N) is 1. The van der Waals surface area contributed by atoms with E-state index in [0.29, 0.717) is 12.1 Å². The van der Waals surface area contributed by atoms with Gasteiger partial charge in [-0.3, -0.25) is 5.41 Å². The topological polar surface area (TPSA) is 67.7 Å². The lowest BCUT2D eigenvalue weighted by Crippen LogP contribution is -2.16. The molecule has 0 unspecified atom stereocenters. The van der Waals surface area contributed by atoms with Crippen LogP contribution in [0, 0.1) is 11.2 Å². The van der Waals surface area contributed by atoms with Crippen molar-refractivity contribution in [3.8, 4) is 0 Å². The van der Waals surface area contributed by atoms with Crippen molar-refractivity contribution in [2.24, 2.45) is 5.73 Å². The Balaban J connectivity index is 1.95. The van der Waals surface area contributed by atoms with Crippen LogP contribution in [0.4, 0.5) is 4.39 Å². The second-order valence-corrected chi connectivity index (χ2v) is 5.19. The fourth-order valence-electron chi connectivity index (χ4n) is 2.79. The molecule has 4 nitrogen and oxygen atoms in total. The molecule has 2 aromatic rings. The van der Waals surface area contributed by atoms with Crippen molar-refractivity contribution in [1.29, 1.82) is 5.41 Å². The van der Waals surface area contributed by atoms with E-state index in [1.165, 1.54) is 36.4 Å². The Labute approximate surface area is 117 Å². The number of imidazole rings is 1. The van der Waals surface area contributed by atoms with Crippen molar-refractivity contribution in [2.75, 3.05) is 0 Å². The average molecular weight is 272 g/mol. The van der Waals surface area contributed by atoms with Crippen LogP contribution in [0.5, 0.6) is 0 Å². The molecular formula is C15H17FN4. The van der Waals surface area contributed by atoms with Gasteiger partial charge in [0.2, 0.25) is 0 Å². The molecule has 104 valence electrons. The Morgan fingerprint density at radius 3 is 2.95 bits per heavy atom. The van der Waals surface area contributed by atoms with Crippen molar-refractivity contribution < 1.29 is 4.39 Å². The summed E-state index contributed by atoms with van der Waals surface area (Å²) in [6.45, 7) is 0.581. The normalized spacial score (nSPS) is 14.1. The van der Waals surface area contributed by atoms with E-state index < -0.39 is 0 Å². The number of nitrogen functional groups attached to an aromatic ring is 1. The fraction of sp³-hybridized carbons (Fsp3) is 0.333. The van der Waals surface area contributed by atoms with Crippen LogP contribution in [-0.2, 0) is 19.4 Å². The zero-order valence-corrected chi connectivity index (χ0v) is 11.2. The van der Waals surface area contributed by atoms with Gasteiger partial charge in [0.25, 0.3) is 0 Å². The van der Waals surface area contributed by atoms with Crippen molar-refractivity contribution in [1.82, 2.24) is 9.55 Å². The number of amidine groups is 1. The molecular weight excluding hydrogens is 255 g/mol. The summed E-state index contributed by atoms with van der Waals surface area (Å²) in [4.78, 5) is 4.45. The summed E-state index contributed by atoms with van der Waals surface area (Å²) in [6, 6.07) is 4.42. The molecule has 0 atom stereocenters. The molecule has 20 heavy (non-hydrogen) atoms. The standard InChI is InChI=1S/C15H17FN4/c16-11-6-5-10(12(7-11)15(17)18)8-20-9-19-13-3-1-2-4-14(13)20/h5-7,9H,1-4,8H2,(H3,17,18). The van der Waals surface area contributed by atoms with Gasteiger partial charge in [0.05, 0.1) is 12.0 Å². The van der Waals surface area contributed by atoms with Gasteiger partial charge in [0.1, 0.15) is 11.7 Å². The lowest BCUT2D eigenvalue weighted by atomic mass is 10.0. The van der Waals surface area contributed by atoms with E-state index in [1.54, 1.807) is 6.07 Å². The highest BCUT2D eigenvalue weighted by molar-refractivity contribution is 5.96. The number of rotatable bonds is 3. The fourth-order valence-corrected chi connectivity index (χ4v) is 2.79. The smallest absolute Gasteiger partial charge is 0.123 e. The second kappa shape index (κ2) is 5.07. The number of aryl methyl sites for hydroxylation is 1. The van der Waals surface area contributed by atoms with Gasteiger partial charge < -0.3 is 10.3 Å². The van der Waals surface area contributed by atoms with Gasteiger partial charge in [-0.1, -0.05) is 6.07 Å². The maximum atomic E-state index is 13.3. The summed E-state index contributed by atoms with van der Waals surface area (Å²) in [5.74, 6) is -0.472. The lowest BCUT2D eigenvalue weighted by molar-refractivity contribution is 0.619. The van der Waals surface area contributed by atoms with Crippen LogP contribution in [-0.4, -0.2) is 15.4 Å². The molecule has 5 heteroatoms. The second-order valence-electron chi connectivity index (χ2n) is 5.19. The van der Waals surface area contributed by atoms with E-state index in [9.17, 15) is 4.39 Å². The third-order valence-electron chi connectivity index (χ3n) is 3.81. The van der Waals surface area contributed by atoms with Crippen molar-refractivity contribution in [3.05, 3.63) is 52.9 Å². The largest absolute Gasteiger partial charge is 0.384 e. The Kier molecular flexibility index (Phi) is 3.26. The molecule has 0 amide bonds. The van der Waals surface area contributed by atoms with Gasteiger partial charge in [0, 0.05) is 17.8 Å². The average Bonchev–Trinajstić information content (AvgIpc) is 2.84. The number of hydrogen-bond donors (Lipinski definition) is 2. The molecule has 3 N–H and O–H groups in total. The first-order valence-corrected chi connectivity index (χ1v) is 6.81. The van der Waals surface area contributed by atoms with E-state index in [4.69, 9.17) is 11.1 Å². The molecule has 1 aliphatic rings. The summed E-state index contributed by atoms with van der Waals surface area (Å²) in [5, 5.41) is 7.58. The molecule has 1 heterocycles. The van der Waals surface area contributed by atoms with Gasteiger partial charge in [-0.2, -0.15) is 0 Å². The number of halogens is 1. The Hall–Kier alpha value is -2.17. The first-order valence-electron chi connectivity index (χ1n) is 6.81. The van der Waals surface area contributed by atoms with Crippen molar-refractivity contribution in [2.45, 2.75) is 32.2 Å². The third-order valence-corrected chi connectivity index (χ3v) is 3.81. The van der Waals surface area contributed by atoms with E-state index in [2.05, 4.69) is 9.55 Å². The molecule has 0 saturated carbocycles. The van der Waals surface area contributed by atoms with Crippen LogP contribution in [0.15, 0.2) is 24.5 Å². The molecule has 0 radical (unpaired) electrons. The minimum Gasteiger partial charge on any atom is -0.384 e. The predicted molar refractivity (Wildman–Crippen MR) is 75.4 cm³/mol. The molecule has 0 spiro atoms. The van der Waals surface area contributed by atoms with Gasteiger partial charge in [-0.25, -0.2) is 9.37 Å².